The number of nitrogens with one attached hydrogen (secondary N) is 1. The number of carbonyl (C=O) groups excluding carboxylic acids is 2. The predicted octanol–water partition coefficient (Wildman–Crippen LogP) is 6.67. The molecule has 0 spiro atoms. The molecule has 0 aliphatic rings. The Morgan fingerprint density at radius 1 is 0.911 bits per heavy atom. The molecule has 0 saturated heterocycles. The number of amides is 1. The Labute approximate surface area is 269 Å². The van der Waals surface area contributed by atoms with Gasteiger partial charge in [-0.25, -0.2) is 0 Å². The number of hydrogen-bond donors (Lipinski definition) is 1. The number of rotatable bonds is 13. The van der Waals surface area contributed by atoms with Crippen molar-refractivity contribution in [2.75, 3.05) is 47.8 Å². The number of carbonyl (C=O) groups is 2. The molecule has 45 heavy (non-hydrogen) atoms. The SMILES string of the molecule is CNC(=O)S/C(C=O)=C(/C)c1ccc(SCCOc2c(-c3ccc(OC)c(OC)c3)oc3cc(OC)cc(OC)c3c2=O)cc1. The summed E-state index contributed by atoms with van der Waals surface area (Å²) in [4.78, 5) is 38.4. The molecule has 4 rings (SSSR count). The van der Waals surface area contributed by atoms with Crippen molar-refractivity contribution in [3.8, 4) is 40.1 Å². The van der Waals surface area contributed by atoms with Gasteiger partial charge in [0, 0.05) is 35.4 Å². The van der Waals surface area contributed by atoms with Crippen LogP contribution in [0.25, 0.3) is 27.9 Å². The van der Waals surface area contributed by atoms with Crippen LogP contribution in [-0.4, -0.2) is 59.4 Å². The van der Waals surface area contributed by atoms with Gasteiger partial charge in [0.05, 0.1) is 40.0 Å². The molecule has 0 bridgehead atoms. The summed E-state index contributed by atoms with van der Waals surface area (Å²) in [6.07, 6.45) is 0.681. The summed E-state index contributed by atoms with van der Waals surface area (Å²) in [7, 11) is 7.57. The van der Waals surface area contributed by atoms with Crippen molar-refractivity contribution >= 4 is 51.6 Å². The van der Waals surface area contributed by atoms with Crippen LogP contribution in [-0.2, 0) is 4.79 Å². The van der Waals surface area contributed by atoms with Gasteiger partial charge in [0.15, 0.2) is 23.5 Å². The summed E-state index contributed by atoms with van der Waals surface area (Å²) in [5.74, 6) is 2.52. The zero-order valence-electron chi connectivity index (χ0n) is 25.7. The number of hydrogen-bond acceptors (Lipinski definition) is 11. The largest absolute Gasteiger partial charge is 0.496 e. The first-order chi connectivity index (χ1) is 21.8. The van der Waals surface area contributed by atoms with Crippen molar-refractivity contribution in [1.29, 1.82) is 0 Å². The Morgan fingerprint density at radius 3 is 2.24 bits per heavy atom. The van der Waals surface area contributed by atoms with Gasteiger partial charge in [0.2, 0.25) is 11.2 Å². The van der Waals surface area contributed by atoms with Crippen LogP contribution < -0.4 is 34.4 Å². The summed E-state index contributed by atoms with van der Waals surface area (Å²) >= 11 is 2.39. The third-order valence-corrected chi connectivity index (χ3v) is 8.75. The van der Waals surface area contributed by atoms with E-state index in [4.69, 9.17) is 28.1 Å². The van der Waals surface area contributed by atoms with E-state index in [9.17, 15) is 14.4 Å². The monoisotopic (exact) mass is 651 g/mol. The van der Waals surface area contributed by atoms with Crippen LogP contribution in [0.1, 0.15) is 12.5 Å². The molecular formula is C33H33NO9S2. The fraction of sp³-hybridized carbons (Fsp3) is 0.242. The van der Waals surface area contributed by atoms with Crippen molar-refractivity contribution < 1.29 is 37.7 Å². The lowest BCUT2D eigenvalue weighted by Crippen LogP contribution is -2.13. The fourth-order valence-corrected chi connectivity index (χ4v) is 5.76. The van der Waals surface area contributed by atoms with Crippen LogP contribution in [0.2, 0.25) is 0 Å². The first-order valence-electron chi connectivity index (χ1n) is 13.6. The third-order valence-electron chi connectivity index (χ3n) is 6.76. The Balaban J connectivity index is 1.61. The average molecular weight is 652 g/mol. The van der Waals surface area contributed by atoms with E-state index in [2.05, 4.69) is 5.32 Å². The number of thioether (sulfide) groups is 2. The van der Waals surface area contributed by atoms with Gasteiger partial charge >= 0.3 is 0 Å². The Kier molecular flexibility index (Phi) is 11.4. The van der Waals surface area contributed by atoms with Gasteiger partial charge in [-0.3, -0.25) is 14.4 Å². The second-order valence-electron chi connectivity index (χ2n) is 9.33. The van der Waals surface area contributed by atoms with E-state index in [-0.39, 0.29) is 34.3 Å². The van der Waals surface area contributed by atoms with E-state index in [1.807, 2.05) is 24.3 Å². The van der Waals surface area contributed by atoms with Gasteiger partial charge in [-0.15, -0.1) is 11.8 Å². The molecule has 12 heteroatoms. The van der Waals surface area contributed by atoms with Gasteiger partial charge in [0.25, 0.3) is 5.24 Å². The van der Waals surface area contributed by atoms with Crippen LogP contribution in [0.3, 0.4) is 0 Å². The zero-order chi connectivity index (χ0) is 32.5. The smallest absolute Gasteiger partial charge is 0.283 e. The van der Waals surface area contributed by atoms with Crippen LogP contribution in [0.5, 0.6) is 28.7 Å². The summed E-state index contributed by atoms with van der Waals surface area (Å²) in [6, 6.07) is 16.1. The number of ether oxygens (including phenoxy) is 5. The van der Waals surface area contributed by atoms with Gasteiger partial charge in [-0.2, -0.15) is 0 Å². The minimum absolute atomic E-state index is 0.0323. The average Bonchev–Trinajstić information content (AvgIpc) is 3.08. The number of fused-ring (bicyclic) bond motifs is 1. The standard InChI is InChI=1S/C33H33NO9S2/c1-19(28(18-35)45-33(37)34-2)20-7-10-23(11-8-20)44-14-13-42-32-30(36)29-26(41-6)16-22(38-3)17-27(29)43-31(32)21-9-12-24(39-4)25(15-21)40-5/h7-12,15-18H,13-14H2,1-6H3,(H,34,37)/b28-19-. The van der Waals surface area contributed by atoms with Crippen molar-refractivity contribution in [2.45, 2.75) is 11.8 Å². The van der Waals surface area contributed by atoms with Crippen LogP contribution in [0, 0.1) is 0 Å². The van der Waals surface area contributed by atoms with Gasteiger partial charge in [-0.05, 0) is 60.2 Å². The second-order valence-corrected chi connectivity index (χ2v) is 11.5. The van der Waals surface area contributed by atoms with Crippen LogP contribution in [0.4, 0.5) is 4.79 Å². The number of benzene rings is 3. The molecule has 0 saturated carbocycles. The minimum Gasteiger partial charge on any atom is -0.496 e. The molecule has 236 valence electrons. The van der Waals surface area contributed by atoms with Crippen molar-refractivity contribution in [3.05, 3.63) is 75.3 Å². The Hall–Kier alpha value is -4.55. The molecule has 0 atom stereocenters. The van der Waals surface area contributed by atoms with Crippen molar-refractivity contribution in [3.63, 3.8) is 0 Å². The maximum atomic E-state index is 13.9. The van der Waals surface area contributed by atoms with Gasteiger partial charge in [0.1, 0.15) is 22.5 Å². The van der Waals surface area contributed by atoms with Crippen molar-refractivity contribution in [2.24, 2.45) is 0 Å². The predicted molar refractivity (Wildman–Crippen MR) is 177 cm³/mol. The molecule has 10 nitrogen and oxygen atoms in total. The third kappa shape index (κ3) is 7.58. The molecule has 0 fully saturated rings. The number of methoxy groups -OCH3 is 4. The fourth-order valence-electron chi connectivity index (χ4n) is 4.41. The lowest BCUT2D eigenvalue weighted by Gasteiger charge is -2.15. The Bertz CT molecular complexity index is 1780. The van der Waals surface area contributed by atoms with Gasteiger partial charge < -0.3 is 33.4 Å². The number of aldehydes is 1. The minimum atomic E-state index is -0.391. The molecule has 4 aromatic rings. The summed E-state index contributed by atoms with van der Waals surface area (Å²) in [6.45, 7) is 1.99. The highest BCUT2D eigenvalue weighted by Crippen LogP contribution is 2.39. The molecule has 0 radical (unpaired) electrons. The molecule has 0 aliphatic carbocycles. The van der Waals surface area contributed by atoms with E-state index >= 15 is 0 Å². The summed E-state index contributed by atoms with van der Waals surface area (Å²) in [5.41, 5.74) is 1.97. The molecule has 1 aromatic heterocycles. The highest BCUT2D eigenvalue weighted by molar-refractivity contribution is 8.17. The van der Waals surface area contributed by atoms with Crippen LogP contribution >= 0.6 is 23.5 Å². The maximum absolute atomic E-state index is 13.9. The lowest BCUT2D eigenvalue weighted by molar-refractivity contribution is -0.104. The van der Waals surface area contributed by atoms with Crippen LogP contribution in [0.15, 0.2) is 73.6 Å². The second kappa shape index (κ2) is 15.4. The van der Waals surface area contributed by atoms with E-state index in [0.29, 0.717) is 51.1 Å². The Morgan fingerprint density at radius 2 is 1.62 bits per heavy atom. The van der Waals surface area contributed by atoms with E-state index in [1.54, 1.807) is 44.4 Å². The summed E-state index contributed by atoms with van der Waals surface area (Å²) in [5, 5.41) is 2.42. The van der Waals surface area contributed by atoms with E-state index < -0.39 is 5.43 Å². The maximum Gasteiger partial charge on any atom is 0.283 e. The highest BCUT2D eigenvalue weighted by Gasteiger charge is 2.22. The normalized spacial score (nSPS) is 11.4. The molecule has 0 unspecified atom stereocenters. The first-order valence-corrected chi connectivity index (χ1v) is 15.5. The zero-order valence-corrected chi connectivity index (χ0v) is 27.3. The highest BCUT2D eigenvalue weighted by atomic mass is 32.2. The van der Waals surface area contributed by atoms with Crippen molar-refractivity contribution in [1.82, 2.24) is 5.32 Å². The van der Waals surface area contributed by atoms with Gasteiger partial charge in [-0.1, -0.05) is 12.1 Å². The molecule has 1 N–H and O–H groups in total. The molecule has 0 aliphatic heterocycles. The van der Waals surface area contributed by atoms with E-state index in [0.717, 1.165) is 22.2 Å². The molecule has 1 amide bonds. The summed E-state index contributed by atoms with van der Waals surface area (Å²) < 4.78 is 34.1. The lowest BCUT2D eigenvalue weighted by atomic mass is 10.1. The quantitative estimate of drug-likeness (QED) is 0.0722. The number of allylic oxidation sites excluding steroid dienone is 2. The first kappa shape index (κ1) is 33.3. The van der Waals surface area contributed by atoms with E-state index in [1.165, 1.54) is 40.1 Å². The molecule has 1 heterocycles. The molecule has 3 aromatic carbocycles. The topological polar surface area (TPSA) is 123 Å². The molecular weight excluding hydrogens is 618 g/mol.